The lowest BCUT2D eigenvalue weighted by molar-refractivity contribution is -0.126. The van der Waals surface area contributed by atoms with Gasteiger partial charge in [0, 0.05) is 5.02 Å². The van der Waals surface area contributed by atoms with Crippen LogP contribution in [0.5, 0.6) is 11.5 Å². The van der Waals surface area contributed by atoms with Gasteiger partial charge in [0.25, 0.3) is 5.91 Å². The summed E-state index contributed by atoms with van der Waals surface area (Å²) in [6.07, 6.45) is 0.880. The molecule has 0 saturated carbocycles. The Morgan fingerprint density at radius 2 is 1.61 bits per heavy atom. The lowest BCUT2D eigenvalue weighted by Gasteiger charge is -2.29. The van der Waals surface area contributed by atoms with Crippen LogP contribution < -0.4 is 19.4 Å². The van der Waals surface area contributed by atoms with E-state index in [1.807, 2.05) is 18.2 Å². The number of carbonyl (C=O) groups is 2. The summed E-state index contributed by atoms with van der Waals surface area (Å²) in [6.45, 7) is 2.65. The van der Waals surface area contributed by atoms with Gasteiger partial charge in [-0.3, -0.25) is 14.4 Å². The van der Waals surface area contributed by atoms with Crippen LogP contribution in [0.2, 0.25) is 15.1 Å². The number of rotatable bonds is 8. The van der Waals surface area contributed by atoms with E-state index < -0.39 is 29.9 Å². The fourth-order valence-corrected chi connectivity index (χ4v) is 5.18. The molecule has 7 nitrogen and oxygen atoms in total. The summed E-state index contributed by atoms with van der Waals surface area (Å²) < 4.78 is 11.5. The molecule has 198 valence electrons. The van der Waals surface area contributed by atoms with Crippen LogP contribution in [0.3, 0.4) is 0 Å². The van der Waals surface area contributed by atoms with Gasteiger partial charge in [-0.25, -0.2) is 9.96 Å². The number of hydroxylamine groups is 1. The zero-order valence-corrected chi connectivity index (χ0v) is 23.0. The lowest BCUT2D eigenvalue weighted by atomic mass is 9.90. The van der Waals surface area contributed by atoms with Crippen LogP contribution in [0.15, 0.2) is 60.7 Å². The van der Waals surface area contributed by atoms with Gasteiger partial charge in [-0.05, 0) is 66.6 Å². The second-order valence-electron chi connectivity index (χ2n) is 9.02. The van der Waals surface area contributed by atoms with E-state index in [2.05, 4.69) is 6.92 Å². The van der Waals surface area contributed by atoms with Crippen LogP contribution in [0, 0.1) is 5.92 Å². The van der Waals surface area contributed by atoms with Gasteiger partial charge in [0.2, 0.25) is 5.91 Å². The molecule has 3 aromatic carbocycles. The standard InChI is InChI=1S/C28H25Cl3N2O5/c1-3-4-13-37-22-12-5-16(14-23(22)36-2)25-24-26(38-33(25)18-8-6-17(29)7-9-18)28(35)32(27(24)34)19-10-11-20(30)21(31)15-19/h5-12,14-15,24-26H,3-4,13H2,1-2H3/t24-,25-,26-/m1/s1. The molecule has 3 atom stereocenters. The molecule has 0 radical (unpaired) electrons. The summed E-state index contributed by atoms with van der Waals surface area (Å²) in [7, 11) is 1.56. The van der Waals surface area contributed by atoms with Crippen molar-refractivity contribution in [2.24, 2.45) is 5.92 Å². The predicted octanol–water partition coefficient (Wildman–Crippen LogP) is 6.89. The number of amides is 2. The first-order chi connectivity index (χ1) is 18.3. The minimum absolute atomic E-state index is 0.241. The molecular weight excluding hydrogens is 551 g/mol. The van der Waals surface area contributed by atoms with Crippen molar-refractivity contribution in [3.63, 3.8) is 0 Å². The Bertz CT molecular complexity index is 1370. The summed E-state index contributed by atoms with van der Waals surface area (Å²) in [5.74, 6) is -0.585. The van der Waals surface area contributed by atoms with Crippen LogP contribution in [0.1, 0.15) is 31.4 Å². The third-order valence-electron chi connectivity index (χ3n) is 6.64. The predicted molar refractivity (Wildman–Crippen MR) is 147 cm³/mol. The van der Waals surface area contributed by atoms with Crippen molar-refractivity contribution in [1.29, 1.82) is 0 Å². The highest BCUT2D eigenvalue weighted by atomic mass is 35.5. The number of fused-ring (bicyclic) bond motifs is 1. The van der Waals surface area contributed by atoms with Crippen molar-refractivity contribution in [2.45, 2.75) is 31.9 Å². The molecular formula is C28H25Cl3N2O5. The Labute approximate surface area is 235 Å². The van der Waals surface area contributed by atoms with Gasteiger partial charge in [-0.1, -0.05) is 54.2 Å². The maximum atomic E-state index is 13.8. The molecule has 2 fully saturated rings. The average Bonchev–Trinajstić information content (AvgIpc) is 3.42. The molecule has 38 heavy (non-hydrogen) atoms. The number of ether oxygens (including phenoxy) is 2. The molecule has 10 heteroatoms. The van der Waals surface area contributed by atoms with E-state index in [0.29, 0.717) is 39.5 Å². The fourth-order valence-electron chi connectivity index (χ4n) is 4.76. The maximum Gasteiger partial charge on any atom is 0.266 e. The normalized spacial score (nSPS) is 20.7. The van der Waals surface area contributed by atoms with E-state index in [-0.39, 0.29) is 5.02 Å². The number of methoxy groups -OCH3 is 1. The molecule has 5 rings (SSSR count). The maximum absolute atomic E-state index is 13.8. The average molecular weight is 576 g/mol. The molecule has 2 aliphatic rings. The van der Waals surface area contributed by atoms with E-state index in [0.717, 1.165) is 23.3 Å². The van der Waals surface area contributed by atoms with Crippen LogP contribution in [-0.4, -0.2) is 31.6 Å². The molecule has 0 spiro atoms. The number of benzene rings is 3. The number of imide groups is 1. The van der Waals surface area contributed by atoms with Gasteiger partial charge in [0.15, 0.2) is 17.6 Å². The highest BCUT2D eigenvalue weighted by Gasteiger charge is 2.60. The third-order valence-corrected chi connectivity index (χ3v) is 7.63. The van der Waals surface area contributed by atoms with Crippen molar-refractivity contribution in [3.05, 3.63) is 81.3 Å². The SMILES string of the molecule is CCCCOc1ccc([C@@H]2[C@H]3C(=O)N(c4ccc(Cl)c(Cl)c4)C(=O)[C@@H]3ON2c2ccc(Cl)cc2)cc1OC. The molecule has 2 saturated heterocycles. The number of hydrogen-bond donors (Lipinski definition) is 0. The Kier molecular flexibility index (Phi) is 7.73. The quantitative estimate of drug-likeness (QED) is 0.215. The molecule has 0 aromatic heterocycles. The minimum atomic E-state index is -1.04. The van der Waals surface area contributed by atoms with E-state index in [1.165, 1.54) is 6.07 Å². The smallest absolute Gasteiger partial charge is 0.266 e. The van der Waals surface area contributed by atoms with Gasteiger partial charge in [-0.15, -0.1) is 0 Å². The number of nitrogens with zero attached hydrogens (tertiary/aromatic N) is 2. The fraction of sp³-hybridized carbons (Fsp3) is 0.286. The molecule has 0 unspecified atom stereocenters. The number of unbranched alkanes of at least 4 members (excludes halogenated alkanes) is 1. The van der Waals surface area contributed by atoms with Gasteiger partial charge in [-0.2, -0.15) is 0 Å². The van der Waals surface area contributed by atoms with Gasteiger partial charge < -0.3 is 9.47 Å². The van der Waals surface area contributed by atoms with Crippen LogP contribution in [-0.2, 0) is 14.4 Å². The monoisotopic (exact) mass is 574 g/mol. The van der Waals surface area contributed by atoms with Crippen molar-refractivity contribution in [2.75, 3.05) is 23.7 Å². The van der Waals surface area contributed by atoms with E-state index >= 15 is 0 Å². The first-order valence-corrected chi connectivity index (χ1v) is 13.3. The molecule has 2 heterocycles. The molecule has 0 N–H and O–H groups in total. The first kappa shape index (κ1) is 26.6. The number of carbonyl (C=O) groups excluding carboxylic acids is 2. The van der Waals surface area contributed by atoms with Gasteiger partial charge in [0.05, 0.1) is 41.2 Å². The highest BCUT2D eigenvalue weighted by Crippen LogP contribution is 2.49. The van der Waals surface area contributed by atoms with Crippen molar-refractivity contribution >= 4 is 58.0 Å². The summed E-state index contributed by atoms with van der Waals surface area (Å²) in [4.78, 5) is 34.7. The number of halogens is 3. The second kappa shape index (κ2) is 11.0. The highest BCUT2D eigenvalue weighted by molar-refractivity contribution is 6.42. The summed E-state index contributed by atoms with van der Waals surface area (Å²) in [5, 5.41) is 2.72. The number of anilines is 2. The Hall–Kier alpha value is -2.97. The second-order valence-corrected chi connectivity index (χ2v) is 10.3. The van der Waals surface area contributed by atoms with Crippen LogP contribution in [0.4, 0.5) is 11.4 Å². The number of hydrogen-bond acceptors (Lipinski definition) is 6. The molecule has 2 aliphatic heterocycles. The summed E-state index contributed by atoms with van der Waals surface area (Å²) in [5.41, 5.74) is 1.71. The first-order valence-electron chi connectivity index (χ1n) is 12.2. The largest absolute Gasteiger partial charge is 0.493 e. The summed E-state index contributed by atoms with van der Waals surface area (Å²) >= 11 is 18.3. The van der Waals surface area contributed by atoms with E-state index in [1.54, 1.807) is 48.6 Å². The van der Waals surface area contributed by atoms with E-state index in [9.17, 15) is 9.59 Å². The van der Waals surface area contributed by atoms with Crippen molar-refractivity contribution < 1.29 is 23.9 Å². The molecule has 0 aliphatic carbocycles. The molecule has 3 aromatic rings. The third kappa shape index (κ3) is 4.80. The Morgan fingerprint density at radius 1 is 0.868 bits per heavy atom. The van der Waals surface area contributed by atoms with Gasteiger partial charge in [0.1, 0.15) is 5.92 Å². The van der Waals surface area contributed by atoms with E-state index in [4.69, 9.17) is 49.1 Å². The Balaban J connectivity index is 1.55. The van der Waals surface area contributed by atoms with Crippen LogP contribution in [0.25, 0.3) is 0 Å². The minimum Gasteiger partial charge on any atom is -0.493 e. The van der Waals surface area contributed by atoms with Crippen molar-refractivity contribution in [3.8, 4) is 11.5 Å². The van der Waals surface area contributed by atoms with Crippen LogP contribution >= 0.6 is 34.8 Å². The zero-order valence-electron chi connectivity index (χ0n) is 20.7. The van der Waals surface area contributed by atoms with Crippen molar-refractivity contribution in [1.82, 2.24) is 0 Å². The van der Waals surface area contributed by atoms with Gasteiger partial charge >= 0.3 is 0 Å². The molecule has 0 bridgehead atoms. The molecule has 2 amide bonds. The zero-order chi connectivity index (χ0) is 27.0. The Morgan fingerprint density at radius 3 is 2.29 bits per heavy atom. The summed E-state index contributed by atoms with van der Waals surface area (Å²) in [6, 6.07) is 16.5. The topological polar surface area (TPSA) is 68.3 Å². The lowest BCUT2D eigenvalue weighted by Crippen LogP contribution is -2.37.